The normalized spacial score (nSPS) is 54.0. The maximum Gasteiger partial charge on any atom is 0.169 e. The van der Waals surface area contributed by atoms with E-state index in [1.807, 2.05) is 6.08 Å². The quantitative estimate of drug-likeness (QED) is 0.571. The molecule has 2 spiro atoms. The highest BCUT2D eigenvalue weighted by Gasteiger charge is 2.66. The van der Waals surface area contributed by atoms with Gasteiger partial charge in [-0.2, -0.15) is 0 Å². The topological polar surface area (TPSA) is 26.3 Å². The average molecular weight is 377 g/mol. The van der Waals surface area contributed by atoms with E-state index in [9.17, 15) is 4.79 Å². The van der Waals surface area contributed by atoms with Crippen molar-refractivity contribution in [2.24, 2.45) is 17.3 Å². The summed E-state index contributed by atoms with van der Waals surface area (Å²) in [6.07, 6.45) is 12.3. The molecule has 0 N–H and O–H groups in total. The molecule has 2 aliphatic heterocycles. The van der Waals surface area contributed by atoms with Gasteiger partial charge in [-0.15, -0.1) is 0 Å². The van der Waals surface area contributed by atoms with Gasteiger partial charge in [0.25, 0.3) is 0 Å². The Hall–Kier alpha value is -0.410. The van der Waals surface area contributed by atoms with E-state index < -0.39 is 0 Å². The van der Waals surface area contributed by atoms with Crippen molar-refractivity contribution < 1.29 is 9.53 Å². The molecule has 1 saturated heterocycles. The molecule has 0 aromatic carbocycles. The average Bonchev–Trinajstić information content (AvgIpc) is 2.98. The van der Waals surface area contributed by atoms with Gasteiger partial charge in [-0.1, -0.05) is 35.9 Å². The predicted molar refractivity (Wildman–Crippen MR) is 93.5 cm³/mol. The van der Waals surface area contributed by atoms with Gasteiger partial charge >= 0.3 is 0 Å². The molecular weight excluding hydrogens is 352 g/mol. The molecule has 0 radical (unpaired) electrons. The molecule has 23 heavy (non-hydrogen) atoms. The highest BCUT2D eigenvalue weighted by Crippen LogP contribution is 2.68. The number of halogens is 1. The molecule has 2 heterocycles. The van der Waals surface area contributed by atoms with Crippen LogP contribution in [0.4, 0.5) is 0 Å². The molecule has 5 aliphatic rings. The predicted octanol–water partition coefficient (Wildman–Crippen LogP) is 4.72. The Morgan fingerprint density at radius 2 is 2.04 bits per heavy atom. The molecule has 5 rings (SSSR count). The van der Waals surface area contributed by atoms with E-state index >= 15 is 0 Å². The third kappa shape index (κ3) is 1.66. The molecule has 0 amide bonds. The van der Waals surface area contributed by atoms with Crippen molar-refractivity contribution >= 4 is 21.7 Å². The minimum atomic E-state index is -0.199. The number of ether oxygens (including phenoxy) is 1. The first-order valence-corrected chi connectivity index (χ1v) is 10.1. The van der Waals surface area contributed by atoms with Crippen LogP contribution in [0.15, 0.2) is 23.3 Å². The second kappa shape index (κ2) is 4.40. The third-order valence-corrected chi connectivity index (χ3v) is 8.87. The lowest BCUT2D eigenvalue weighted by atomic mass is 9.57. The van der Waals surface area contributed by atoms with Gasteiger partial charge in [0.05, 0.1) is 16.0 Å². The number of carbonyl (C=O) groups is 1. The molecule has 6 unspecified atom stereocenters. The molecule has 124 valence electrons. The van der Waals surface area contributed by atoms with Crippen LogP contribution in [0.3, 0.4) is 0 Å². The summed E-state index contributed by atoms with van der Waals surface area (Å²) in [5.74, 6) is 1.68. The Morgan fingerprint density at radius 3 is 2.87 bits per heavy atom. The van der Waals surface area contributed by atoms with E-state index in [0.717, 1.165) is 37.2 Å². The van der Waals surface area contributed by atoms with Crippen LogP contribution in [0.1, 0.15) is 58.8 Å². The summed E-state index contributed by atoms with van der Waals surface area (Å²) in [7, 11) is 0. The zero-order valence-corrected chi connectivity index (χ0v) is 15.6. The summed E-state index contributed by atoms with van der Waals surface area (Å²) in [5.41, 5.74) is 2.87. The summed E-state index contributed by atoms with van der Waals surface area (Å²) in [5, 5.41) is 0. The molecule has 0 aromatic heterocycles. The third-order valence-electron chi connectivity index (χ3n) is 8.10. The SMILES string of the molecule is CC1CCC2C34CCC5(CC(Br)C(=O)C=C5C=C3CCC12C)O4. The standard InChI is InChI=1S/C20H25BrO2/c1-12-3-4-17-18(12,2)6-5-13-9-14-10-16(22)15(21)11-19(14)7-8-20(13,17)23-19/h9-10,12,15,17H,3-8,11H2,1-2H3. The zero-order valence-electron chi connectivity index (χ0n) is 14.0. The summed E-state index contributed by atoms with van der Waals surface area (Å²) in [6, 6.07) is 0. The van der Waals surface area contributed by atoms with Gasteiger partial charge in [-0.05, 0) is 73.0 Å². The number of hydrogen-bond donors (Lipinski definition) is 0. The minimum absolute atomic E-state index is 0.0256. The number of ketones is 1. The number of hydrogen-bond acceptors (Lipinski definition) is 2. The van der Waals surface area contributed by atoms with Crippen LogP contribution in [0.2, 0.25) is 0 Å². The van der Waals surface area contributed by atoms with Crippen molar-refractivity contribution in [1.29, 1.82) is 0 Å². The van der Waals surface area contributed by atoms with Crippen molar-refractivity contribution in [2.45, 2.75) is 74.8 Å². The Morgan fingerprint density at radius 1 is 1.22 bits per heavy atom. The van der Waals surface area contributed by atoms with Gasteiger partial charge in [0, 0.05) is 6.42 Å². The van der Waals surface area contributed by atoms with Crippen LogP contribution in [0.25, 0.3) is 0 Å². The van der Waals surface area contributed by atoms with Crippen molar-refractivity contribution in [1.82, 2.24) is 0 Å². The summed E-state index contributed by atoms with van der Waals surface area (Å²) < 4.78 is 7.01. The number of alkyl halides is 1. The van der Waals surface area contributed by atoms with Crippen LogP contribution < -0.4 is 0 Å². The van der Waals surface area contributed by atoms with Crippen LogP contribution in [-0.2, 0) is 9.53 Å². The molecular formula is C20H25BrO2. The van der Waals surface area contributed by atoms with Crippen molar-refractivity contribution in [3.8, 4) is 0 Å². The molecule has 2 bridgehead atoms. The molecule has 3 heteroatoms. The van der Waals surface area contributed by atoms with Gasteiger partial charge in [-0.3, -0.25) is 4.79 Å². The summed E-state index contributed by atoms with van der Waals surface area (Å²) in [4.78, 5) is 12.1. The summed E-state index contributed by atoms with van der Waals surface area (Å²) >= 11 is 3.58. The Bertz CT molecular complexity index is 665. The largest absolute Gasteiger partial charge is 0.359 e. The maximum absolute atomic E-state index is 12.1. The number of fused-ring (bicyclic) bond motifs is 1. The van der Waals surface area contributed by atoms with Gasteiger partial charge in [0.15, 0.2) is 5.78 Å². The molecule has 2 saturated carbocycles. The number of carbonyl (C=O) groups excluding carboxylic acids is 1. The van der Waals surface area contributed by atoms with Crippen molar-refractivity contribution in [3.63, 3.8) is 0 Å². The first-order chi connectivity index (χ1) is 10.9. The van der Waals surface area contributed by atoms with Crippen molar-refractivity contribution in [2.75, 3.05) is 0 Å². The van der Waals surface area contributed by atoms with Crippen LogP contribution in [0, 0.1) is 17.3 Å². The summed E-state index contributed by atoms with van der Waals surface area (Å²) in [6.45, 7) is 4.95. The van der Waals surface area contributed by atoms with E-state index in [-0.39, 0.29) is 21.8 Å². The lowest BCUT2D eigenvalue weighted by molar-refractivity contribution is -0.145. The van der Waals surface area contributed by atoms with Gasteiger partial charge < -0.3 is 4.74 Å². The van der Waals surface area contributed by atoms with E-state index in [0.29, 0.717) is 11.3 Å². The first-order valence-electron chi connectivity index (χ1n) is 9.21. The number of rotatable bonds is 0. The van der Waals surface area contributed by atoms with Gasteiger partial charge in [-0.25, -0.2) is 0 Å². The van der Waals surface area contributed by atoms with Crippen LogP contribution in [-0.4, -0.2) is 21.8 Å². The van der Waals surface area contributed by atoms with E-state index in [1.54, 1.807) is 0 Å². The van der Waals surface area contributed by atoms with Crippen LogP contribution >= 0.6 is 15.9 Å². The maximum atomic E-state index is 12.1. The van der Waals surface area contributed by atoms with Crippen molar-refractivity contribution in [3.05, 3.63) is 23.3 Å². The molecule has 0 aromatic rings. The lowest BCUT2D eigenvalue weighted by Crippen LogP contribution is -2.55. The van der Waals surface area contributed by atoms with E-state index in [2.05, 4.69) is 35.9 Å². The second-order valence-electron chi connectivity index (χ2n) is 8.87. The minimum Gasteiger partial charge on any atom is -0.359 e. The first kappa shape index (κ1) is 14.9. The molecule has 6 atom stereocenters. The fourth-order valence-corrected chi connectivity index (χ4v) is 7.20. The second-order valence-corrected chi connectivity index (χ2v) is 9.97. The fraction of sp³-hybridized carbons (Fsp3) is 0.750. The van der Waals surface area contributed by atoms with Gasteiger partial charge in [0.2, 0.25) is 0 Å². The Balaban J connectivity index is 1.65. The fourth-order valence-electron chi connectivity index (χ4n) is 6.54. The molecule has 3 aliphatic carbocycles. The smallest absolute Gasteiger partial charge is 0.169 e. The highest BCUT2D eigenvalue weighted by molar-refractivity contribution is 9.10. The Kier molecular flexibility index (Phi) is 2.85. The Labute approximate surface area is 146 Å². The van der Waals surface area contributed by atoms with E-state index in [4.69, 9.17) is 4.74 Å². The molecule has 3 fully saturated rings. The van der Waals surface area contributed by atoms with Gasteiger partial charge in [0.1, 0.15) is 0 Å². The molecule has 2 nitrogen and oxygen atoms in total. The highest BCUT2D eigenvalue weighted by atomic mass is 79.9. The number of allylic oxidation sites excluding steroid dienone is 1. The van der Waals surface area contributed by atoms with E-state index in [1.165, 1.54) is 24.8 Å². The monoisotopic (exact) mass is 376 g/mol. The van der Waals surface area contributed by atoms with Crippen LogP contribution in [0.5, 0.6) is 0 Å². The zero-order chi connectivity index (χ0) is 16.0. The lowest BCUT2D eigenvalue weighted by Gasteiger charge is -2.55.